The zero-order valence-corrected chi connectivity index (χ0v) is 11.4. The van der Waals surface area contributed by atoms with Gasteiger partial charge in [-0.2, -0.15) is 0 Å². The van der Waals surface area contributed by atoms with Gasteiger partial charge in [-0.15, -0.1) is 0 Å². The average Bonchev–Trinajstić information content (AvgIpc) is 2.63. The molecule has 2 N–H and O–H groups in total. The van der Waals surface area contributed by atoms with E-state index in [4.69, 9.17) is 10.5 Å². The molecule has 0 saturated carbocycles. The maximum absolute atomic E-state index is 11.6. The number of ether oxygens (including phenoxy) is 1. The van der Waals surface area contributed by atoms with E-state index >= 15 is 0 Å². The predicted octanol–water partition coefficient (Wildman–Crippen LogP) is -0.0972. The van der Waals surface area contributed by atoms with Crippen LogP contribution < -0.4 is 5.73 Å². The minimum Gasteiger partial charge on any atom is -0.468 e. The third kappa shape index (κ3) is 3.94. The summed E-state index contributed by atoms with van der Waals surface area (Å²) in [6, 6.07) is 0.498. The van der Waals surface area contributed by atoms with Crippen molar-refractivity contribution in [2.24, 2.45) is 5.73 Å². The van der Waals surface area contributed by atoms with Crippen molar-refractivity contribution in [2.75, 3.05) is 40.8 Å². The summed E-state index contributed by atoms with van der Waals surface area (Å²) >= 11 is 0. The van der Waals surface area contributed by atoms with Crippen molar-refractivity contribution in [3.05, 3.63) is 0 Å². The zero-order valence-electron chi connectivity index (χ0n) is 11.4. The largest absolute Gasteiger partial charge is 0.468 e. The zero-order chi connectivity index (χ0) is 13.1. The number of likely N-dealkylation sites (tertiary alicyclic amines) is 1. The molecule has 0 bridgehead atoms. The van der Waals surface area contributed by atoms with Gasteiger partial charge in [0.1, 0.15) is 5.54 Å². The minimum absolute atomic E-state index is 0.340. The van der Waals surface area contributed by atoms with Gasteiger partial charge in [-0.1, -0.05) is 0 Å². The fourth-order valence-electron chi connectivity index (χ4n) is 2.45. The van der Waals surface area contributed by atoms with Gasteiger partial charge in [0.2, 0.25) is 0 Å². The first-order valence-electron chi connectivity index (χ1n) is 6.13. The Morgan fingerprint density at radius 3 is 2.76 bits per heavy atom. The topological polar surface area (TPSA) is 58.8 Å². The number of carbonyl (C=O) groups excluding carboxylic acids is 1. The van der Waals surface area contributed by atoms with Crippen LogP contribution in [0, 0.1) is 0 Å². The van der Waals surface area contributed by atoms with Crippen molar-refractivity contribution >= 4 is 5.97 Å². The Morgan fingerprint density at radius 2 is 2.24 bits per heavy atom. The maximum atomic E-state index is 11.6. The minimum atomic E-state index is -0.913. The molecule has 17 heavy (non-hydrogen) atoms. The van der Waals surface area contributed by atoms with Gasteiger partial charge in [-0.25, -0.2) is 0 Å². The molecular weight excluding hydrogens is 218 g/mol. The SMILES string of the molecule is COC(=O)C(C)(N)CN1CCCC1CN(C)C. The van der Waals surface area contributed by atoms with Gasteiger partial charge in [0, 0.05) is 19.1 Å². The average molecular weight is 243 g/mol. The Hall–Kier alpha value is -0.650. The predicted molar refractivity (Wildman–Crippen MR) is 67.8 cm³/mol. The molecule has 2 unspecified atom stereocenters. The lowest BCUT2D eigenvalue weighted by Gasteiger charge is -2.32. The van der Waals surface area contributed by atoms with Gasteiger partial charge in [-0.05, 0) is 40.4 Å². The molecule has 0 radical (unpaired) electrons. The van der Waals surface area contributed by atoms with Crippen LogP contribution in [-0.2, 0) is 9.53 Å². The third-order valence-electron chi connectivity index (χ3n) is 3.26. The van der Waals surface area contributed by atoms with Crippen molar-refractivity contribution in [3.8, 4) is 0 Å². The van der Waals surface area contributed by atoms with E-state index in [-0.39, 0.29) is 5.97 Å². The molecule has 100 valence electrons. The van der Waals surface area contributed by atoms with Crippen LogP contribution in [0.4, 0.5) is 0 Å². The summed E-state index contributed by atoms with van der Waals surface area (Å²) < 4.78 is 4.74. The Morgan fingerprint density at radius 1 is 1.59 bits per heavy atom. The third-order valence-corrected chi connectivity index (χ3v) is 3.26. The molecule has 1 fully saturated rings. The summed E-state index contributed by atoms with van der Waals surface area (Å²) in [5, 5.41) is 0. The van der Waals surface area contributed by atoms with Gasteiger partial charge in [0.15, 0.2) is 0 Å². The quantitative estimate of drug-likeness (QED) is 0.684. The maximum Gasteiger partial charge on any atom is 0.326 e. The smallest absolute Gasteiger partial charge is 0.326 e. The highest BCUT2D eigenvalue weighted by Gasteiger charge is 2.36. The van der Waals surface area contributed by atoms with Crippen LogP contribution in [0.3, 0.4) is 0 Å². The molecule has 5 nitrogen and oxygen atoms in total. The Kier molecular flexibility index (Phi) is 4.91. The fourth-order valence-corrected chi connectivity index (χ4v) is 2.45. The molecule has 0 spiro atoms. The summed E-state index contributed by atoms with van der Waals surface area (Å²) in [7, 11) is 5.52. The molecule has 1 aliphatic heterocycles. The number of likely N-dealkylation sites (N-methyl/N-ethyl adjacent to an activating group) is 1. The van der Waals surface area contributed by atoms with Crippen LogP contribution in [0.25, 0.3) is 0 Å². The highest BCUT2D eigenvalue weighted by Crippen LogP contribution is 2.20. The van der Waals surface area contributed by atoms with E-state index in [1.807, 2.05) is 0 Å². The van der Waals surface area contributed by atoms with E-state index in [1.54, 1.807) is 6.92 Å². The van der Waals surface area contributed by atoms with Crippen LogP contribution >= 0.6 is 0 Å². The van der Waals surface area contributed by atoms with E-state index in [2.05, 4.69) is 23.9 Å². The standard InChI is InChI=1S/C12H25N3O2/c1-12(13,11(16)17-4)9-15-7-5-6-10(15)8-14(2)3/h10H,5-9,13H2,1-4H3. The second kappa shape index (κ2) is 5.80. The molecule has 0 aromatic carbocycles. The number of nitrogens with zero attached hydrogens (tertiary/aromatic N) is 2. The fraction of sp³-hybridized carbons (Fsp3) is 0.917. The molecule has 1 heterocycles. The Bertz CT molecular complexity index is 266. The first kappa shape index (κ1) is 14.4. The lowest BCUT2D eigenvalue weighted by atomic mass is 10.0. The summed E-state index contributed by atoms with van der Waals surface area (Å²) in [6.45, 7) is 4.33. The van der Waals surface area contributed by atoms with Gasteiger partial charge < -0.3 is 15.4 Å². The molecule has 0 aliphatic carbocycles. The molecule has 1 rings (SSSR count). The molecular formula is C12H25N3O2. The number of esters is 1. The van der Waals surface area contributed by atoms with E-state index in [0.717, 1.165) is 13.1 Å². The number of hydrogen-bond acceptors (Lipinski definition) is 5. The van der Waals surface area contributed by atoms with Gasteiger partial charge in [0.05, 0.1) is 7.11 Å². The van der Waals surface area contributed by atoms with E-state index in [9.17, 15) is 4.79 Å². The molecule has 1 saturated heterocycles. The lowest BCUT2D eigenvalue weighted by Crippen LogP contribution is -2.56. The van der Waals surface area contributed by atoms with Gasteiger partial charge in [0.25, 0.3) is 0 Å². The van der Waals surface area contributed by atoms with Gasteiger partial charge in [-0.3, -0.25) is 9.69 Å². The monoisotopic (exact) mass is 243 g/mol. The Labute approximate surface area is 104 Å². The lowest BCUT2D eigenvalue weighted by molar-refractivity contribution is -0.147. The second-order valence-electron chi connectivity index (χ2n) is 5.44. The summed E-state index contributed by atoms with van der Waals surface area (Å²) in [6.07, 6.45) is 2.35. The summed E-state index contributed by atoms with van der Waals surface area (Å²) in [5.41, 5.74) is 5.10. The summed E-state index contributed by atoms with van der Waals surface area (Å²) in [4.78, 5) is 16.0. The molecule has 0 aromatic rings. The molecule has 0 aromatic heterocycles. The highest BCUT2D eigenvalue weighted by molar-refractivity contribution is 5.80. The van der Waals surface area contributed by atoms with E-state index < -0.39 is 5.54 Å². The number of nitrogens with two attached hydrogens (primary N) is 1. The van der Waals surface area contributed by atoms with Crippen molar-refractivity contribution < 1.29 is 9.53 Å². The highest BCUT2D eigenvalue weighted by atomic mass is 16.5. The molecule has 5 heteroatoms. The Balaban J connectivity index is 2.57. The van der Waals surface area contributed by atoms with Crippen LogP contribution in [-0.4, -0.2) is 68.2 Å². The van der Waals surface area contributed by atoms with Crippen molar-refractivity contribution in [1.82, 2.24) is 9.80 Å². The van der Waals surface area contributed by atoms with E-state index in [1.165, 1.54) is 20.0 Å². The molecule has 2 atom stereocenters. The van der Waals surface area contributed by atoms with Crippen LogP contribution in [0.2, 0.25) is 0 Å². The van der Waals surface area contributed by atoms with Crippen molar-refractivity contribution in [3.63, 3.8) is 0 Å². The molecule has 1 aliphatic rings. The summed E-state index contributed by atoms with van der Waals surface area (Å²) in [5.74, 6) is -0.340. The first-order valence-corrected chi connectivity index (χ1v) is 6.13. The first-order chi connectivity index (χ1) is 7.86. The number of hydrogen-bond donors (Lipinski definition) is 1. The van der Waals surface area contributed by atoms with Crippen LogP contribution in [0.15, 0.2) is 0 Å². The molecule has 0 amide bonds. The number of carbonyl (C=O) groups is 1. The number of rotatable bonds is 5. The van der Waals surface area contributed by atoms with Crippen molar-refractivity contribution in [2.45, 2.75) is 31.3 Å². The second-order valence-corrected chi connectivity index (χ2v) is 5.44. The normalized spacial score (nSPS) is 24.9. The van der Waals surface area contributed by atoms with E-state index in [0.29, 0.717) is 12.6 Å². The van der Waals surface area contributed by atoms with Gasteiger partial charge >= 0.3 is 5.97 Å². The van der Waals surface area contributed by atoms with Crippen LogP contribution in [0.1, 0.15) is 19.8 Å². The van der Waals surface area contributed by atoms with Crippen LogP contribution in [0.5, 0.6) is 0 Å². The number of methoxy groups -OCH3 is 1. The van der Waals surface area contributed by atoms with Crippen molar-refractivity contribution in [1.29, 1.82) is 0 Å².